The van der Waals surface area contributed by atoms with Crippen molar-refractivity contribution in [2.45, 2.75) is 25.0 Å². The standard InChI is InChI=1S/C14H18BrNO4/c1-19-12-5-4-9(15)7-11(12)13(14(17)18)16-8-10-3-2-6-20-10/h4-5,7,10,13,16H,2-3,6,8H2,1H3,(H,17,18). The topological polar surface area (TPSA) is 67.8 Å². The zero-order chi connectivity index (χ0) is 14.5. The Bertz CT molecular complexity index is 474. The molecule has 20 heavy (non-hydrogen) atoms. The summed E-state index contributed by atoms with van der Waals surface area (Å²) in [5, 5.41) is 12.5. The Labute approximate surface area is 126 Å². The lowest BCUT2D eigenvalue weighted by atomic mass is 10.1. The summed E-state index contributed by atoms with van der Waals surface area (Å²) < 4.78 is 11.6. The van der Waals surface area contributed by atoms with Gasteiger partial charge in [-0.3, -0.25) is 10.1 Å². The van der Waals surface area contributed by atoms with Crippen LogP contribution in [0.2, 0.25) is 0 Å². The summed E-state index contributed by atoms with van der Waals surface area (Å²) in [5.41, 5.74) is 0.604. The molecule has 1 aliphatic heterocycles. The van der Waals surface area contributed by atoms with Crippen molar-refractivity contribution >= 4 is 21.9 Å². The van der Waals surface area contributed by atoms with Crippen LogP contribution in [0, 0.1) is 0 Å². The van der Waals surface area contributed by atoms with Gasteiger partial charge < -0.3 is 14.6 Å². The third-order valence-electron chi connectivity index (χ3n) is 3.32. The second kappa shape index (κ2) is 7.06. The first-order chi connectivity index (χ1) is 9.61. The van der Waals surface area contributed by atoms with E-state index in [9.17, 15) is 9.90 Å². The third-order valence-corrected chi connectivity index (χ3v) is 3.82. The lowest BCUT2D eigenvalue weighted by Gasteiger charge is -2.20. The number of carboxylic acids is 1. The Morgan fingerprint density at radius 3 is 3.05 bits per heavy atom. The number of ether oxygens (including phenoxy) is 2. The second-order valence-corrected chi connectivity index (χ2v) is 5.62. The van der Waals surface area contributed by atoms with Gasteiger partial charge in [0.2, 0.25) is 0 Å². The zero-order valence-corrected chi connectivity index (χ0v) is 12.9. The highest BCUT2D eigenvalue weighted by Crippen LogP contribution is 2.29. The molecule has 2 unspecified atom stereocenters. The molecular formula is C14H18BrNO4. The van der Waals surface area contributed by atoms with Crippen LogP contribution < -0.4 is 10.1 Å². The summed E-state index contributed by atoms with van der Waals surface area (Å²) >= 11 is 3.36. The van der Waals surface area contributed by atoms with Crippen molar-refractivity contribution in [2.75, 3.05) is 20.3 Å². The number of benzene rings is 1. The van der Waals surface area contributed by atoms with Crippen LogP contribution in [0.25, 0.3) is 0 Å². The first-order valence-electron chi connectivity index (χ1n) is 6.53. The van der Waals surface area contributed by atoms with E-state index in [1.807, 2.05) is 6.07 Å². The fourth-order valence-electron chi connectivity index (χ4n) is 2.32. The minimum absolute atomic E-state index is 0.0926. The summed E-state index contributed by atoms with van der Waals surface area (Å²) in [7, 11) is 1.53. The van der Waals surface area contributed by atoms with Gasteiger partial charge in [-0.1, -0.05) is 15.9 Å². The average Bonchev–Trinajstić information content (AvgIpc) is 2.92. The monoisotopic (exact) mass is 343 g/mol. The van der Waals surface area contributed by atoms with E-state index in [2.05, 4.69) is 21.2 Å². The molecule has 1 saturated heterocycles. The van der Waals surface area contributed by atoms with Crippen LogP contribution in [0.4, 0.5) is 0 Å². The minimum Gasteiger partial charge on any atom is -0.496 e. The second-order valence-electron chi connectivity index (χ2n) is 4.70. The Morgan fingerprint density at radius 1 is 1.65 bits per heavy atom. The van der Waals surface area contributed by atoms with Gasteiger partial charge >= 0.3 is 5.97 Å². The molecule has 1 fully saturated rings. The maximum Gasteiger partial charge on any atom is 0.325 e. The van der Waals surface area contributed by atoms with Crippen molar-refractivity contribution in [1.82, 2.24) is 5.32 Å². The first kappa shape index (κ1) is 15.3. The van der Waals surface area contributed by atoms with E-state index in [1.165, 1.54) is 7.11 Å². The Kier molecular flexibility index (Phi) is 5.39. The van der Waals surface area contributed by atoms with Crippen LogP contribution in [-0.4, -0.2) is 37.4 Å². The normalized spacial score (nSPS) is 19.8. The zero-order valence-electron chi connectivity index (χ0n) is 11.3. The van der Waals surface area contributed by atoms with Gasteiger partial charge in [-0.25, -0.2) is 0 Å². The molecule has 0 amide bonds. The smallest absolute Gasteiger partial charge is 0.325 e. The molecule has 1 aromatic carbocycles. The van der Waals surface area contributed by atoms with Gasteiger partial charge in [-0.15, -0.1) is 0 Å². The van der Waals surface area contributed by atoms with Gasteiger partial charge in [0, 0.05) is 23.2 Å². The van der Waals surface area contributed by atoms with Crippen molar-refractivity contribution in [2.24, 2.45) is 0 Å². The molecule has 2 atom stereocenters. The summed E-state index contributed by atoms with van der Waals surface area (Å²) in [6.45, 7) is 1.27. The van der Waals surface area contributed by atoms with Crippen LogP contribution in [0.1, 0.15) is 24.4 Å². The fourth-order valence-corrected chi connectivity index (χ4v) is 2.69. The molecule has 2 rings (SSSR count). The Balaban J connectivity index is 2.14. The fraction of sp³-hybridized carbons (Fsp3) is 0.500. The number of aliphatic carboxylic acids is 1. The molecule has 2 N–H and O–H groups in total. The van der Waals surface area contributed by atoms with Crippen LogP contribution in [0.3, 0.4) is 0 Å². The third kappa shape index (κ3) is 3.71. The molecule has 6 heteroatoms. The van der Waals surface area contributed by atoms with Crippen LogP contribution in [0.15, 0.2) is 22.7 Å². The van der Waals surface area contributed by atoms with E-state index < -0.39 is 12.0 Å². The average molecular weight is 344 g/mol. The van der Waals surface area contributed by atoms with Crippen LogP contribution >= 0.6 is 15.9 Å². The largest absolute Gasteiger partial charge is 0.496 e. The number of carboxylic acid groups (broad SMARTS) is 1. The molecule has 0 bridgehead atoms. The molecule has 0 saturated carbocycles. The lowest BCUT2D eigenvalue weighted by Crippen LogP contribution is -2.34. The number of hydrogen-bond acceptors (Lipinski definition) is 4. The molecule has 1 heterocycles. The van der Waals surface area contributed by atoms with Crippen molar-refractivity contribution < 1.29 is 19.4 Å². The number of halogens is 1. The maximum absolute atomic E-state index is 11.5. The summed E-state index contributed by atoms with van der Waals surface area (Å²) in [5.74, 6) is -0.375. The van der Waals surface area contributed by atoms with E-state index in [-0.39, 0.29) is 6.10 Å². The molecule has 0 aliphatic carbocycles. The van der Waals surface area contributed by atoms with E-state index in [0.717, 1.165) is 23.9 Å². The summed E-state index contributed by atoms with van der Waals surface area (Å²) in [6, 6.07) is 4.52. The molecule has 0 spiro atoms. The van der Waals surface area contributed by atoms with Gasteiger partial charge in [0.05, 0.1) is 13.2 Å². The predicted octanol–water partition coefficient (Wildman–Crippen LogP) is 2.35. The number of rotatable bonds is 6. The van der Waals surface area contributed by atoms with Gasteiger partial charge in [0.15, 0.2) is 0 Å². The summed E-state index contributed by atoms with van der Waals surface area (Å²) in [4.78, 5) is 11.5. The van der Waals surface area contributed by atoms with Crippen molar-refractivity contribution in [3.63, 3.8) is 0 Å². The Hall–Kier alpha value is -1.11. The highest BCUT2D eigenvalue weighted by atomic mass is 79.9. The van der Waals surface area contributed by atoms with Gasteiger partial charge in [0.1, 0.15) is 11.8 Å². The van der Waals surface area contributed by atoms with Crippen molar-refractivity contribution in [3.8, 4) is 5.75 Å². The molecule has 0 aromatic heterocycles. The highest BCUT2D eigenvalue weighted by molar-refractivity contribution is 9.10. The number of hydrogen-bond donors (Lipinski definition) is 2. The van der Waals surface area contributed by atoms with Crippen LogP contribution in [0.5, 0.6) is 5.75 Å². The lowest BCUT2D eigenvalue weighted by molar-refractivity contribution is -0.139. The minimum atomic E-state index is -0.931. The number of nitrogens with one attached hydrogen (secondary N) is 1. The van der Waals surface area contributed by atoms with Gasteiger partial charge in [-0.2, -0.15) is 0 Å². The SMILES string of the molecule is COc1ccc(Br)cc1C(NCC1CCCO1)C(=O)O. The van der Waals surface area contributed by atoms with E-state index in [1.54, 1.807) is 12.1 Å². The molecular weight excluding hydrogens is 326 g/mol. The van der Waals surface area contributed by atoms with Crippen LogP contribution in [-0.2, 0) is 9.53 Å². The highest BCUT2D eigenvalue weighted by Gasteiger charge is 2.25. The first-order valence-corrected chi connectivity index (χ1v) is 7.32. The Morgan fingerprint density at radius 2 is 2.45 bits per heavy atom. The van der Waals surface area contributed by atoms with E-state index in [0.29, 0.717) is 17.9 Å². The quantitative estimate of drug-likeness (QED) is 0.829. The van der Waals surface area contributed by atoms with E-state index >= 15 is 0 Å². The number of methoxy groups -OCH3 is 1. The van der Waals surface area contributed by atoms with Crippen molar-refractivity contribution in [1.29, 1.82) is 0 Å². The number of carbonyl (C=O) groups is 1. The predicted molar refractivity (Wildman–Crippen MR) is 78.0 cm³/mol. The molecule has 110 valence electrons. The molecule has 1 aromatic rings. The molecule has 0 radical (unpaired) electrons. The molecule has 5 nitrogen and oxygen atoms in total. The maximum atomic E-state index is 11.5. The van der Waals surface area contributed by atoms with Gasteiger partial charge in [0.25, 0.3) is 0 Å². The molecule has 1 aliphatic rings. The van der Waals surface area contributed by atoms with E-state index in [4.69, 9.17) is 9.47 Å². The van der Waals surface area contributed by atoms with Crippen molar-refractivity contribution in [3.05, 3.63) is 28.2 Å². The summed E-state index contributed by atoms with van der Waals surface area (Å²) in [6.07, 6.45) is 2.09. The van der Waals surface area contributed by atoms with Gasteiger partial charge in [-0.05, 0) is 31.0 Å².